The summed E-state index contributed by atoms with van der Waals surface area (Å²) in [6, 6.07) is 9.07. The van der Waals surface area contributed by atoms with E-state index in [1.165, 1.54) is 24.1 Å². The molecule has 1 N–H and O–H groups in total. The Bertz CT molecular complexity index is 366. The van der Waals surface area contributed by atoms with Crippen LogP contribution in [-0.2, 0) is 5.41 Å². The van der Waals surface area contributed by atoms with Crippen molar-refractivity contribution in [1.82, 2.24) is 5.32 Å². The normalized spacial score (nSPS) is 27.5. The number of rotatable bonds is 5. The first-order valence-electron chi connectivity index (χ1n) is 6.80. The van der Waals surface area contributed by atoms with Gasteiger partial charge in [0.25, 0.3) is 0 Å². The molecule has 0 amide bonds. The minimum atomic E-state index is 0.428. The van der Waals surface area contributed by atoms with Gasteiger partial charge in [0.1, 0.15) is 0 Å². The summed E-state index contributed by atoms with van der Waals surface area (Å²) < 4.78 is 0. The minimum absolute atomic E-state index is 0.428. The SMILES string of the molecule is Cc1ccc(C2(C)CC2CNCC(C)C)cc1. The van der Waals surface area contributed by atoms with Crippen molar-refractivity contribution in [1.29, 1.82) is 0 Å². The molecule has 0 saturated heterocycles. The van der Waals surface area contributed by atoms with Gasteiger partial charge in [0, 0.05) is 0 Å². The standard InChI is InChI=1S/C16H25N/c1-12(2)10-17-11-15-9-16(15,4)14-7-5-13(3)6-8-14/h5-8,12,15,17H,9-11H2,1-4H3. The maximum absolute atomic E-state index is 3.58. The fourth-order valence-electron chi connectivity index (χ4n) is 2.58. The van der Waals surface area contributed by atoms with Crippen molar-refractivity contribution >= 4 is 0 Å². The number of nitrogens with one attached hydrogen (secondary N) is 1. The molecule has 1 aliphatic carbocycles. The summed E-state index contributed by atoms with van der Waals surface area (Å²) in [5, 5.41) is 3.58. The number of hydrogen-bond donors (Lipinski definition) is 1. The third kappa shape index (κ3) is 2.90. The van der Waals surface area contributed by atoms with E-state index in [2.05, 4.69) is 57.3 Å². The molecule has 0 heterocycles. The van der Waals surface area contributed by atoms with E-state index >= 15 is 0 Å². The Kier molecular flexibility index (Phi) is 3.58. The molecule has 2 rings (SSSR count). The van der Waals surface area contributed by atoms with Crippen LogP contribution in [0.3, 0.4) is 0 Å². The van der Waals surface area contributed by atoms with Gasteiger partial charge < -0.3 is 5.32 Å². The molecule has 2 unspecified atom stereocenters. The maximum atomic E-state index is 3.58. The second-order valence-corrected chi connectivity index (χ2v) is 6.24. The number of aryl methyl sites for hydroxylation is 1. The van der Waals surface area contributed by atoms with Crippen LogP contribution in [0.1, 0.15) is 38.3 Å². The van der Waals surface area contributed by atoms with Crippen LogP contribution in [0.2, 0.25) is 0 Å². The molecule has 94 valence electrons. The van der Waals surface area contributed by atoms with Gasteiger partial charge in [-0.2, -0.15) is 0 Å². The van der Waals surface area contributed by atoms with Crippen molar-refractivity contribution < 1.29 is 0 Å². The van der Waals surface area contributed by atoms with Crippen molar-refractivity contribution in [2.45, 2.75) is 39.5 Å². The Morgan fingerprint density at radius 3 is 2.53 bits per heavy atom. The molecule has 0 radical (unpaired) electrons. The van der Waals surface area contributed by atoms with Crippen LogP contribution in [-0.4, -0.2) is 13.1 Å². The Labute approximate surface area is 106 Å². The zero-order valence-electron chi connectivity index (χ0n) is 11.6. The Morgan fingerprint density at radius 2 is 1.94 bits per heavy atom. The first kappa shape index (κ1) is 12.6. The van der Waals surface area contributed by atoms with E-state index in [1.54, 1.807) is 0 Å². The second-order valence-electron chi connectivity index (χ2n) is 6.24. The van der Waals surface area contributed by atoms with Gasteiger partial charge in [-0.25, -0.2) is 0 Å². The lowest BCUT2D eigenvalue weighted by molar-refractivity contribution is 0.515. The predicted octanol–water partition coefficient (Wildman–Crippen LogP) is 3.52. The fourth-order valence-corrected chi connectivity index (χ4v) is 2.58. The van der Waals surface area contributed by atoms with E-state index in [-0.39, 0.29) is 0 Å². The van der Waals surface area contributed by atoms with E-state index in [0.29, 0.717) is 5.41 Å². The van der Waals surface area contributed by atoms with Crippen molar-refractivity contribution in [2.75, 3.05) is 13.1 Å². The minimum Gasteiger partial charge on any atom is -0.316 e. The van der Waals surface area contributed by atoms with Crippen LogP contribution >= 0.6 is 0 Å². The lowest BCUT2D eigenvalue weighted by atomic mass is 9.94. The van der Waals surface area contributed by atoms with Gasteiger partial charge in [-0.3, -0.25) is 0 Å². The van der Waals surface area contributed by atoms with Crippen molar-refractivity contribution in [3.05, 3.63) is 35.4 Å². The zero-order valence-corrected chi connectivity index (χ0v) is 11.6. The van der Waals surface area contributed by atoms with Gasteiger partial charge in [0.15, 0.2) is 0 Å². The average molecular weight is 231 g/mol. The highest BCUT2D eigenvalue weighted by atomic mass is 14.9. The van der Waals surface area contributed by atoms with Crippen LogP contribution in [0.25, 0.3) is 0 Å². The van der Waals surface area contributed by atoms with E-state index < -0.39 is 0 Å². The number of benzene rings is 1. The van der Waals surface area contributed by atoms with Crippen LogP contribution in [0.4, 0.5) is 0 Å². The molecule has 1 aromatic carbocycles. The molecule has 1 fully saturated rings. The van der Waals surface area contributed by atoms with Crippen LogP contribution in [0, 0.1) is 18.8 Å². The molecule has 17 heavy (non-hydrogen) atoms. The van der Waals surface area contributed by atoms with Crippen LogP contribution in [0.15, 0.2) is 24.3 Å². The predicted molar refractivity (Wildman–Crippen MR) is 74.3 cm³/mol. The summed E-state index contributed by atoms with van der Waals surface area (Å²) in [4.78, 5) is 0. The third-order valence-corrected chi connectivity index (χ3v) is 4.07. The highest BCUT2D eigenvalue weighted by molar-refractivity contribution is 5.34. The first-order chi connectivity index (χ1) is 8.02. The molecule has 1 heteroatoms. The molecule has 1 aromatic rings. The van der Waals surface area contributed by atoms with E-state index in [1.807, 2.05) is 0 Å². The summed E-state index contributed by atoms with van der Waals surface area (Å²) in [6.45, 7) is 11.4. The molecule has 1 saturated carbocycles. The summed E-state index contributed by atoms with van der Waals surface area (Å²) in [5.74, 6) is 1.57. The Hall–Kier alpha value is -0.820. The molecular weight excluding hydrogens is 206 g/mol. The summed E-state index contributed by atoms with van der Waals surface area (Å²) in [5.41, 5.74) is 3.30. The van der Waals surface area contributed by atoms with Crippen molar-refractivity contribution in [2.24, 2.45) is 11.8 Å². The summed E-state index contributed by atoms with van der Waals surface area (Å²) in [7, 11) is 0. The molecule has 0 aliphatic heterocycles. The van der Waals surface area contributed by atoms with Gasteiger partial charge in [0.2, 0.25) is 0 Å². The molecular formula is C16H25N. The Balaban J connectivity index is 1.88. The molecule has 0 bridgehead atoms. The zero-order chi connectivity index (χ0) is 12.5. The lowest BCUT2D eigenvalue weighted by Gasteiger charge is -2.13. The van der Waals surface area contributed by atoms with Gasteiger partial charge >= 0.3 is 0 Å². The van der Waals surface area contributed by atoms with Gasteiger partial charge in [0.05, 0.1) is 0 Å². The highest BCUT2D eigenvalue weighted by Gasteiger charge is 2.50. The third-order valence-electron chi connectivity index (χ3n) is 4.07. The van der Waals surface area contributed by atoms with E-state index in [4.69, 9.17) is 0 Å². The van der Waals surface area contributed by atoms with Crippen molar-refractivity contribution in [3.63, 3.8) is 0 Å². The molecule has 1 nitrogen and oxygen atoms in total. The molecule has 0 aromatic heterocycles. The largest absolute Gasteiger partial charge is 0.316 e. The maximum Gasteiger partial charge on any atom is -0.00117 e. The molecule has 2 atom stereocenters. The van der Waals surface area contributed by atoms with Crippen molar-refractivity contribution in [3.8, 4) is 0 Å². The van der Waals surface area contributed by atoms with E-state index in [0.717, 1.165) is 18.4 Å². The topological polar surface area (TPSA) is 12.0 Å². The molecule has 1 aliphatic rings. The monoisotopic (exact) mass is 231 g/mol. The van der Waals surface area contributed by atoms with Crippen LogP contribution < -0.4 is 5.32 Å². The van der Waals surface area contributed by atoms with Gasteiger partial charge in [-0.1, -0.05) is 50.6 Å². The fraction of sp³-hybridized carbons (Fsp3) is 0.625. The van der Waals surface area contributed by atoms with Gasteiger partial charge in [-0.15, -0.1) is 0 Å². The molecule has 0 spiro atoms. The Morgan fingerprint density at radius 1 is 1.29 bits per heavy atom. The van der Waals surface area contributed by atoms with Gasteiger partial charge in [-0.05, 0) is 49.2 Å². The quantitative estimate of drug-likeness (QED) is 0.817. The average Bonchev–Trinajstić information content (AvgIpc) is 2.91. The number of hydrogen-bond acceptors (Lipinski definition) is 1. The summed E-state index contributed by atoms with van der Waals surface area (Å²) in [6.07, 6.45) is 1.33. The van der Waals surface area contributed by atoms with E-state index in [9.17, 15) is 0 Å². The second kappa shape index (κ2) is 4.81. The summed E-state index contributed by atoms with van der Waals surface area (Å²) >= 11 is 0. The first-order valence-corrected chi connectivity index (χ1v) is 6.80. The van der Waals surface area contributed by atoms with Crippen LogP contribution in [0.5, 0.6) is 0 Å². The smallest absolute Gasteiger partial charge is 0.00117 e. The lowest BCUT2D eigenvalue weighted by Crippen LogP contribution is -2.24. The highest BCUT2D eigenvalue weighted by Crippen LogP contribution is 2.53.